The quantitative estimate of drug-likeness (QED) is 0.626. The Hall–Kier alpha value is -1.51. The molecule has 4 nitrogen and oxygen atoms in total. The van der Waals surface area contributed by atoms with Crippen molar-refractivity contribution in [1.29, 1.82) is 5.26 Å². The molecule has 0 amide bonds. The van der Waals surface area contributed by atoms with Gasteiger partial charge in [0.15, 0.2) is 0 Å². The average molecular weight is 250 g/mol. The van der Waals surface area contributed by atoms with Gasteiger partial charge in [0.1, 0.15) is 6.07 Å². The molecule has 0 aliphatic heterocycles. The Morgan fingerprint density at radius 1 is 1.59 bits per heavy atom. The molecule has 1 rings (SSSR count). The smallest absolute Gasteiger partial charge is 0.310 e. The molecule has 0 saturated heterocycles. The van der Waals surface area contributed by atoms with Gasteiger partial charge in [-0.25, -0.2) is 0 Å². The second-order valence-electron chi connectivity index (χ2n) is 3.45. The first-order valence-electron chi connectivity index (χ1n) is 5.22. The number of carbonyl (C=O) groups excluding carboxylic acids is 1. The van der Waals surface area contributed by atoms with E-state index in [1.807, 2.05) is 6.07 Å². The first-order valence-corrected chi connectivity index (χ1v) is 5.67. The summed E-state index contributed by atoms with van der Waals surface area (Å²) in [7, 11) is 0. The summed E-state index contributed by atoms with van der Waals surface area (Å²) in [5.41, 5.74) is 7.39. The Labute approximate surface area is 106 Å². The molecule has 5 heteroatoms. The molecule has 0 saturated carbocycles. The van der Waals surface area contributed by atoms with Crippen molar-refractivity contribution in [2.45, 2.75) is 24.8 Å². The van der Waals surface area contributed by atoms with Crippen molar-refractivity contribution in [3.63, 3.8) is 0 Å². The van der Waals surface area contributed by atoms with Crippen LogP contribution in [0.4, 0.5) is 0 Å². The highest BCUT2D eigenvalue weighted by Crippen LogP contribution is 2.21. The highest BCUT2D eigenvalue weighted by Gasteiger charge is 2.12. The van der Waals surface area contributed by atoms with Crippen LogP contribution in [0.2, 0.25) is 0 Å². The third kappa shape index (κ3) is 3.48. The van der Waals surface area contributed by atoms with Gasteiger partial charge in [-0.1, -0.05) is 6.07 Å². The van der Waals surface area contributed by atoms with E-state index in [4.69, 9.17) is 15.7 Å². The van der Waals surface area contributed by atoms with Gasteiger partial charge in [0, 0.05) is 11.4 Å². The van der Waals surface area contributed by atoms with E-state index in [0.29, 0.717) is 29.2 Å². The van der Waals surface area contributed by atoms with Crippen molar-refractivity contribution in [3.8, 4) is 6.07 Å². The lowest BCUT2D eigenvalue weighted by atomic mass is 10.0. The zero-order chi connectivity index (χ0) is 12.8. The molecule has 0 spiro atoms. The number of carbonyl (C=O) groups is 1. The number of hydrogen-bond acceptors (Lipinski definition) is 5. The number of thiol groups is 1. The SMILES string of the molecule is CCOC(=O)Cc1cc(CN)cc(S)c1C#N. The Kier molecular flexibility index (Phi) is 5.01. The van der Waals surface area contributed by atoms with Crippen molar-refractivity contribution >= 4 is 18.6 Å². The summed E-state index contributed by atoms with van der Waals surface area (Å²) < 4.78 is 4.85. The van der Waals surface area contributed by atoms with E-state index in [1.54, 1.807) is 19.1 Å². The molecule has 17 heavy (non-hydrogen) atoms. The van der Waals surface area contributed by atoms with E-state index < -0.39 is 0 Å². The summed E-state index contributed by atoms with van der Waals surface area (Å²) in [5, 5.41) is 9.02. The fourth-order valence-electron chi connectivity index (χ4n) is 1.50. The topological polar surface area (TPSA) is 76.1 Å². The number of rotatable bonds is 4. The maximum absolute atomic E-state index is 11.4. The molecular formula is C12H14N2O2S. The lowest BCUT2D eigenvalue weighted by Gasteiger charge is -2.08. The van der Waals surface area contributed by atoms with Gasteiger partial charge in [0.25, 0.3) is 0 Å². The van der Waals surface area contributed by atoms with Crippen LogP contribution in [0.1, 0.15) is 23.6 Å². The summed E-state index contributed by atoms with van der Waals surface area (Å²) in [6, 6.07) is 5.52. The van der Waals surface area contributed by atoms with E-state index >= 15 is 0 Å². The van der Waals surface area contributed by atoms with Gasteiger partial charge in [-0.05, 0) is 24.1 Å². The number of nitrogens with zero attached hydrogens (tertiary/aromatic N) is 1. The molecular weight excluding hydrogens is 236 g/mol. The Balaban J connectivity index is 3.08. The van der Waals surface area contributed by atoms with Crippen LogP contribution >= 0.6 is 12.6 Å². The van der Waals surface area contributed by atoms with Gasteiger partial charge in [0.2, 0.25) is 0 Å². The van der Waals surface area contributed by atoms with Gasteiger partial charge in [-0.2, -0.15) is 5.26 Å². The molecule has 1 aromatic rings. The van der Waals surface area contributed by atoms with Crippen LogP contribution in [0.15, 0.2) is 17.0 Å². The third-order valence-electron chi connectivity index (χ3n) is 2.25. The summed E-state index contributed by atoms with van der Waals surface area (Å²) >= 11 is 4.22. The summed E-state index contributed by atoms with van der Waals surface area (Å²) in [6.45, 7) is 2.41. The first-order chi connectivity index (χ1) is 8.12. The van der Waals surface area contributed by atoms with Crippen LogP contribution in [-0.2, 0) is 22.5 Å². The Morgan fingerprint density at radius 2 is 2.29 bits per heavy atom. The maximum atomic E-state index is 11.4. The maximum Gasteiger partial charge on any atom is 0.310 e. The zero-order valence-electron chi connectivity index (χ0n) is 9.56. The molecule has 0 unspecified atom stereocenters. The number of ether oxygens (including phenoxy) is 1. The van der Waals surface area contributed by atoms with Gasteiger partial charge in [0.05, 0.1) is 18.6 Å². The van der Waals surface area contributed by atoms with Gasteiger partial charge in [-0.3, -0.25) is 4.79 Å². The van der Waals surface area contributed by atoms with Gasteiger partial charge in [-0.15, -0.1) is 12.6 Å². The minimum Gasteiger partial charge on any atom is -0.466 e. The molecule has 0 fully saturated rings. The molecule has 2 N–H and O–H groups in total. The van der Waals surface area contributed by atoms with Crippen LogP contribution in [0, 0.1) is 11.3 Å². The van der Waals surface area contributed by atoms with Crippen LogP contribution in [-0.4, -0.2) is 12.6 Å². The van der Waals surface area contributed by atoms with E-state index in [0.717, 1.165) is 5.56 Å². The highest BCUT2D eigenvalue weighted by atomic mass is 32.1. The predicted molar refractivity (Wildman–Crippen MR) is 66.6 cm³/mol. The molecule has 0 aliphatic carbocycles. The fraction of sp³-hybridized carbons (Fsp3) is 0.333. The zero-order valence-corrected chi connectivity index (χ0v) is 10.5. The van der Waals surface area contributed by atoms with Crippen molar-refractivity contribution in [3.05, 3.63) is 28.8 Å². The Morgan fingerprint density at radius 3 is 2.82 bits per heavy atom. The molecule has 0 aliphatic rings. The molecule has 0 aromatic heterocycles. The van der Waals surface area contributed by atoms with E-state index in [9.17, 15) is 4.79 Å². The number of nitriles is 1. The molecule has 0 radical (unpaired) electrons. The molecule has 0 heterocycles. The number of hydrogen-bond donors (Lipinski definition) is 2. The average Bonchev–Trinajstić information content (AvgIpc) is 2.28. The number of esters is 1. The van der Waals surface area contributed by atoms with Crippen molar-refractivity contribution in [2.75, 3.05) is 6.61 Å². The van der Waals surface area contributed by atoms with Crippen molar-refractivity contribution in [1.82, 2.24) is 0 Å². The van der Waals surface area contributed by atoms with Gasteiger partial charge >= 0.3 is 5.97 Å². The van der Waals surface area contributed by atoms with Crippen molar-refractivity contribution < 1.29 is 9.53 Å². The summed E-state index contributed by atoms with van der Waals surface area (Å²) in [5.74, 6) is -0.356. The Bertz CT molecular complexity index is 466. The molecule has 90 valence electrons. The standard InChI is InChI=1S/C12H14N2O2S/c1-2-16-12(15)5-9-3-8(6-13)4-11(17)10(9)7-14/h3-4,17H,2,5-6,13H2,1H3. The molecule has 1 aromatic carbocycles. The van der Waals surface area contributed by atoms with E-state index in [2.05, 4.69) is 12.6 Å². The largest absolute Gasteiger partial charge is 0.466 e. The lowest BCUT2D eigenvalue weighted by Crippen LogP contribution is -2.10. The highest BCUT2D eigenvalue weighted by molar-refractivity contribution is 7.80. The second-order valence-corrected chi connectivity index (χ2v) is 3.93. The van der Waals surface area contributed by atoms with Gasteiger partial charge < -0.3 is 10.5 Å². The lowest BCUT2D eigenvalue weighted by molar-refractivity contribution is -0.142. The second kappa shape index (κ2) is 6.28. The first kappa shape index (κ1) is 13.6. The van der Waals surface area contributed by atoms with Crippen LogP contribution in [0.3, 0.4) is 0 Å². The molecule has 0 bridgehead atoms. The number of nitrogens with two attached hydrogens (primary N) is 1. The summed E-state index contributed by atoms with van der Waals surface area (Å²) in [6.07, 6.45) is 0.0676. The normalized spacial score (nSPS) is 9.76. The minimum absolute atomic E-state index is 0.0676. The number of benzene rings is 1. The van der Waals surface area contributed by atoms with E-state index in [1.165, 1.54) is 0 Å². The van der Waals surface area contributed by atoms with Crippen LogP contribution in [0.25, 0.3) is 0 Å². The third-order valence-corrected chi connectivity index (χ3v) is 2.60. The summed E-state index contributed by atoms with van der Waals surface area (Å²) in [4.78, 5) is 11.9. The fourth-order valence-corrected chi connectivity index (χ4v) is 1.86. The monoisotopic (exact) mass is 250 g/mol. The van der Waals surface area contributed by atoms with Crippen LogP contribution < -0.4 is 5.73 Å². The minimum atomic E-state index is -0.356. The van der Waals surface area contributed by atoms with Crippen LogP contribution in [0.5, 0.6) is 0 Å². The predicted octanol–water partition coefficient (Wildman–Crippen LogP) is 1.41. The molecule has 0 atom stereocenters. The van der Waals surface area contributed by atoms with Crippen molar-refractivity contribution in [2.24, 2.45) is 5.73 Å². The van der Waals surface area contributed by atoms with E-state index in [-0.39, 0.29) is 12.4 Å².